The fourth-order valence-electron chi connectivity index (χ4n) is 3.41. The molecule has 0 atom stereocenters. The highest BCUT2D eigenvalue weighted by Crippen LogP contribution is 2.40. The summed E-state index contributed by atoms with van der Waals surface area (Å²) in [5.41, 5.74) is 3.07. The first-order valence-electron chi connectivity index (χ1n) is 7.94. The Bertz CT molecular complexity index is 468. The van der Waals surface area contributed by atoms with Crippen LogP contribution < -0.4 is 0 Å². The maximum Gasteiger partial charge on any atom is 0.0542 e. The summed E-state index contributed by atoms with van der Waals surface area (Å²) in [5, 5.41) is 0. The third kappa shape index (κ3) is 3.40. The van der Waals surface area contributed by atoms with E-state index >= 15 is 0 Å². The highest BCUT2D eigenvalue weighted by Gasteiger charge is 2.37. The predicted octanol–water partition coefficient (Wildman–Crippen LogP) is 5.32. The normalized spacial score (nSPS) is 16.6. The third-order valence-electron chi connectivity index (χ3n) is 4.99. The van der Waals surface area contributed by atoms with Gasteiger partial charge in [-0.3, -0.25) is 0 Å². The minimum absolute atomic E-state index is 0.908. The molecule has 2 aromatic carbocycles. The lowest BCUT2D eigenvalue weighted by molar-refractivity contribution is 0.827. The molecule has 1 heteroatoms. The average Bonchev–Trinajstić information content (AvgIpc) is 2.48. The van der Waals surface area contributed by atoms with Crippen LogP contribution in [0.5, 0.6) is 0 Å². The highest BCUT2D eigenvalue weighted by atomic mass is 28.3. The van der Waals surface area contributed by atoms with Crippen molar-refractivity contribution in [1.29, 1.82) is 0 Å². The van der Waals surface area contributed by atoms with Gasteiger partial charge in [-0.2, -0.15) is 0 Å². The summed E-state index contributed by atoms with van der Waals surface area (Å²) in [4.78, 5) is 0. The zero-order valence-electron chi connectivity index (χ0n) is 12.2. The van der Waals surface area contributed by atoms with E-state index in [2.05, 4.69) is 60.7 Å². The number of benzene rings is 2. The minimum atomic E-state index is -0.908. The van der Waals surface area contributed by atoms with Crippen LogP contribution in [0.2, 0.25) is 24.2 Å². The van der Waals surface area contributed by atoms with E-state index in [4.69, 9.17) is 0 Å². The number of hydrogen-bond donors (Lipinski definition) is 0. The second kappa shape index (κ2) is 6.40. The molecule has 2 aromatic rings. The van der Waals surface area contributed by atoms with Gasteiger partial charge < -0.3 is 0 Å². The van der Waals surface area contributed by atoms with Crippen LogP contribution >= 0.6 is 0 Å². The van der Waals surface area contributed by atoms with Crippen molar-refractivity contribution in [2.24, 2.45) is 0 Å². The lowest BCUT2D eigenvalue weighted by Crippen LogP contribution is -2.42. The number of aryl methyl sites for hydroxylation is 2. The van der Waals surface area contributed by atoms with E-state index in [0.29, 0.717) is 0 Å². The van der Waals surface area contributed by atoms with Gasteiger partial charge in [0.1, 0.15) is 0 Å². The van der Waals surface area contributed by atoms with Crippen LogP contribution in [-0.2, 0) is 12.8 Å². The molecular formula is C19H24Si. The molecule has 0 aromatic heterocycles. The monoisotopic (exact) mass is 280 g/mol. The summed E-state index contributed by atoms with van der Waals surface area (Å²) in [6.45, 7) is 0. The Kier molecular flexibility index (Phi) is 4.37. The molecule has 0 aliphatic carbocycles. The van der Waals surface area contributed by atoms with Crippen molar-refractivity contribution >= 4 is 8.07 Å². The number of hydrogen-bond acceptors (Lipinski definition) is 0. The van der Waals surface area contributed by atoms with E-state index in [9.17, 15) is 0 Å². The molecule has 0 unspecified atom stereocenters. The van der Waals surface area contributed by atoms with Crippen LogP contribution in [0.25, 0.3) is 0 Å². The maximum atomic E-state index is 2.29. The Morgan fingerprint density at radius 2 is 1.10 bits per heavy atom. The lowest BCUT2D eigenvalue weighted by atomic mass is 10.2. The van der Waals surface area contributed by atoms with Gasteiger partial charge >= 0.3 is 0 Å². The summed E-state index contributed by atoms with van der Waals surface area (Å²) in [6, 6.07) is 28.3. The second-order valence-corrected chi connectivity index (χ2v) is 11.3. The van der Waals surface area contributed by atoms with E-state index in [1.807, 2.05) is 0 Å². The van der Waals surface area contributed by atoms with Crippen molar-refractivity contribution in [1.82, 2.24) is 0 Å². The Hall–Kier alpha value is -1.34. The first-order valence-corrected chi connectivity index (χ1v) is 10.8. The Morgan fingerprint density at radius 3 is 1.45 bits per heavy atom. The van der Waals surface area contributed by atoms with Gasteiger partial charge in [-0.25, -0.2) is 0 Å². The Balaban J connectivity index is 1.55. The van der Waals surface area contributed by atoms with E-state index < -0.39 is 8.07 Å². The third-order valence-corrected chi connectivity index (χ3v) is 10.4. The first kappa shape index (κ1) is 13.6. The maximum absolute atomic E-state index is 2.29. The molecule has 1 aliphatic rings. The number of rotatable bonds is 6. The fraction of sp³-hybridized carbons (Fsp3) is 0.368. The van der Waals surface area contributed by atoms with Gasteiger partial charge in [-0.15, -0.1) is 0 Å². The quantitative estimate of drug-likeness (QED) is 0.628. The molecule has 0 bridgehead atoms. The van der Waals surface area contributed by atoms with E-state index in [0.717, 1.165) is 0 Å². The van der Waals surface area contributed by atoms with Crippen LogP contribution in [0.3, 0.4) is 0 Å². The summed E-state index contributed by atoms with van der Waals surface area (Å²) in [5.74, 6) is 0. The van der Waals surface area contributed by atoms with Gasteiger partial charge in [0.25, 0.3) is 0 Å². The van der Waals surface area contributed by atoms with Gasteiger partial charge in [0.05, 0.1) is 8.07 Å². The zero-order valence-corrected chi connectivity index (χ0v) is 13.2. The van der Waals surface area contributed by atoms with Gasteiger partial charge in [0.15, 0.2) is 0 Å². The van der Waals surface area contributed by atoms with Crippen molar-refractivity contribution in [2.45, 2.75) is 43.4 Å². The molecule has 20 heavy (non-hydrogen) atoms. The second-order valence-electron chi connectivity index (χ2n) is 6.32. The SMILES string of the molecule is c1ccc(CC[Si]2(CCc3ccccc3)CCC2)cc1. The topological polar surface area (TPSA) is 0 Å². The lowest BCUT2D eigenvalue weighted by Gasteiger charge is -2.40. The van der Waals surface area contributed by atoms with Crippen molar-refractivity contribution in [3.05, 3.63) is 71.8 Å². The minimum Gasteiger partial charge on any atom is -0.0622 e. The van der Waals surface area contributed by atoms with Crippen molar-refractivity contribution in [3.63, 3.8) is 0 Å². The predicted molar refractivity (Wildman–Crippen MR) is 89.9 cm³/mol. The molecule has 1 aliphatic heterocycles. The highest BCUT2D eigenvalue weighted by molar-refractivity contribution is 6.82. The molecule has 1 fully saturated rings. The van der Waals surface area contributed by atoms with Gasteiger partial charge in [-0.1, -0.05) is 91.3 Å². The Labute approximate surface area is 123 Å². The molecule has 0 N–H and O–H groups in total. The summed E-state index contributed by atoms with van der Waals surface area (Å²) >= 11 is 0. The largest absolute Gasteiger partial charge is 0.0622 e. The van der Waals surface area contributed by atoms with E-state index in [1.54, 1.807) is 12.1 Å². The van der Waals surface area contributed by atoms with Crippen molar-refractivity contribution in [3.8, 4) is 0 Å². The van der Waals surface area contributed by atoms with Crippen LogP contribution in [0.15, 0.2) is 60.7 Å². The summed E-state index contributed by atoms with van der Waals surface area (Å²) < 4.78 is 0. The molecule has 0 nitrogen and oxygen atoms in total. The molecule has 0 saturated carbocycles. The average molecular weight is 280 g/mol. The standard InChI is InChI=1S/C19H24Si/c1-3-8-18(9-4-1)12-16-20(14-7-15-20)17-13-19-10-5-2-6-11-19/h1-6,8-11H,7,12-17H2. The molecule has 1 heterocycles. The van der Waals surface area contributed by atoms with Gasteiger partial charge in [-0.05, 0) is 24.0 Å². The molecule has 0 radical (unpaired) electrons. The smallest absolute Gasteiger partial charge is 0.0542 e. The fourth-order valence-corrected chi connectivity index (χ4v) is 7.65. The zero-order chi connectivity index (χ0) is 13.7. The van der Waals surface area contributed by atoms with Crippen LogP contribution in [0.1, 0.15) is 17.5 Å². The summed E-state index contributed by atoms with van der Waals surface area (Å²) in [6.07, 6.45) is 4.11. The van der Waals surface area contributed by atoms with Crippen LogP contribution in [-0.4, -0.2) is 8.07 Å². The first-order chi connectivity index (χ1) is 9.86. The molecule has 104 valence electrons. The van der Waals surface area contributed by atoms with Crippen molar-refractivity contribution < 1.29 is 0 Å². The van der Waals surface area contributed by atoms with E-state index in [1.165, 1.54) is 42.5 Å². The molecule has 0 spiro atoms. The molecule has 1 saturated heterocycles. The van der Waals surface area contributed by atoms with E-state index in [-0.39, 0.29) is 0 Å². The molecule has 3 rings (SSSR count). The van der Waals surface area contributed by atoms with Crippen molar-refractivity contribution in [2.75, 3.05) is 0 Å². The van der Waals surface area contributed by atoms with Gasteiger partial charge in [0.2, 0.25) is 0 Å². The molecular weight excluding hydrogens is 256 g/mol. The summed E-state index contributed by atoms with van der Waals surface area (Å²) in [7, 11) is -0.908. The van der Waals surface area contributed by atoms with Crippen LogP contribution in [0, 0.1) is 0 Å². The van der Waals surface area contributed by atoms with Crippen LogP contribution in [0.4, 0.5) is 0 Å². The van der Waals surface area contributed by atoms with Gasteiger partial charge in [0, 0.05) is 0 Å². The molecule has 0 amide bonds. The Morgan fingerprint density at radius 1 is 0.650 bits per heavy atom.